The molecule has 0 aliphatic carbocycles. The summed E-state index contributed by atoms with van der Waals surface area (Å²) in [5.41, 5.74) is 2.05. The molecule has 2 unspecified atom stereocenters. The van der Waals surface area contributed by atoms with Crippen molar-refractivity contribution in [3.05, 3.63) is 35.9 Å². The molecule has 1 aromatic carbocycles. The predicted octanol–water partition coefficient (Wildman–Crippen LogP) is 4.36. The smallest absolute Gasteiger partial charge is 0.225 e. The molecule has 1 fully saturated rings. The van der Waals surface area contributed by atoms with Crippen molar-refractivity contribution in [2.75, 3.05) is 14.2 Å². The second-order valence-corrected chi connectivity index (χ2v) is 14.0. The first-order valence-corrected chi connectivity index (χ1v) is 13.2. The van der Waals surface area contributed by atoms with Gasteiger partial charge in [-0.3, -0.25) is 4.79 Å². The van der Waals surface area contributed by atoms with Crippen LogP contribution in [0.1, 0.15) is 37.3 Å². The number of aliphatic hydroxyl groups excluding tert-OH is 1. The van der Waals surface area contributed by atoms with Crippen LogP contribution >= 0.6 is 0 Å². The summed E-state index contributed by atoms with van der Waals surface area (Å²) in [6.07, 6.45) is 1.69. The maximum absolute atomic E-state index is 12.7. The molecule has 1 saturated heterocycles. The predicted molar refractivity (Wildman–Crippen MR) is 111 cm³/mol. The summed E-state index contributed by atoms with van der Waals surface area (Å²) in [4.78, 5) is 14.3. The van der Waals surface area contributed by atoms with Crippen LogP contribution in [0.3, 0.4) is 0 Å². The molecule has 1 aliphatic heterocycles. The number of likely N-dealkylation sites (tertiary alicyclic amines) is 1. The average Bonchev–Trinajstić information content (AvgIpc) is 2.58. The van der Waals surface area contributed by atoms with Crippen molar-refractivity contribution < 1.29 is 19.4 Å². The number of aliphatic hydroxyl groups is 1. The molecule has 1 N–H and O–H groups in total. The summed E-state index contributed by atoms with van der Waals surface area (Å²) in [7, 11) is 1.88. The molecule has 0 bridgehead atoms. The molecule has 2 rings (SSSR count). The summed E-state index contributed by atoms with van der Waals surface area (Å²) >= 11 is 0. The molecule has 6 heteroatoms. The molecule has 1 aliphatic rings. The third-order valence-electron chi connectivity index (χ3n) is 4.85. The van der Waals surface area contributed by atoms with Crippen LogP contribution in [0.5, 0.6) is 11.5 Å². The van der Waals surface area contributed by atoms with Crippen molar-refractivity contribution in [2.45, 2.75) is 63.6 Å². The van der Waals surface area contributed by atoms with E-state index in [0.717, 1.165) is 23.6 Å². The molecular weight excluding hydrogens is 358 g/mol. The Balaban J connectivity index is 2.40. The van der Waals surface area contributed by atoms with Crippen LogP contribution in [0, 0.1) is 0 Å². The molecule has 0 saturated carbocycles. The lowest BCUT2D eigenvalue weighted by Gasteiger charge is -2.39. The molecule has 150 valence electrons. The Labute approximate surface area is 164 Å². The van der Waals surface area contributed by atoms with E-state index in [2.05, 4.69) is 26.2 Å². The van der Waals surface area contributed by atoms with Gasteiger partial charge >= 0.3 is 0 Å². The quantitative estimate of drug-likeness (QED) is 0.528. The van der Waals surface area contributed by atoms with Gasteiger partial charge in [0.05, 0.1) is 20.3 Å². The van der Waals surface area contributed by atoms with Crippen molar-refractivity contribution >= 4 is 14.0 Å². The number of hydrogen-bond acceptors (Lipinski definition) is 4. The SMILES string of the molecule is C=C(CC(c1ccc(OC)c(OC)c1)N1C(=O)CCCC1O)C[Si](C)(C)C. The summed E-state index contributed by atoms with van der Waals surface area (Å²) in [6, 6.07) is 6.44. The van der Waals surface area contributed by atoms with Gasteiger partial charge in [-0.1, -0.05) is 31.3 Å². The minimum atomic E-state index is -1.31. The fourth-order valence-electron chi connectivity index (χ4n) is 3.78. The van der Waals surface area contributed by atoms with E-state index in [1.165, 1.54) is 0 Å². The third-order valence-corrected chi connectivity index (χ3v) is 6.41. The van der Waals surface area contributed by atoms with Crippen LogP contribution in [0.4, 0.5) is 0 Å². The van der Waals surface area contributed by atoms with E-state index in [-0.39, 0.29) is 11.9 Å². The van der Waals surface area contributed by atoms with Crippen molar-refractivity contribution in [3.63, 3.8) is 0 Å². The number of benzene rings is 1. The van der Waals surface area contributed by atoms with Crippen LogP contribution < -0.4 is 9.47 Å². The fourth-order valence-corrected chi connectivity index (χ4v) is 5.43. The maximum Gasteiger partial charge on any atom is 0.225 e. The van der Waals surface area contributed by atoms with Gasteiger partial charge < -0.3 is 19.5 Å². The Hall–Kier alpha value is -1.79. The first-order chi connectivity index (χ1) is 12.7. The topological polar surface area (TPSA) is 59.0 Å². The fraction of sp³-hybridized carbons (Fsp3) is 0.571. The molecular formula is C21H33NO4Si. The largest absolute Gasteiger partial charge is 0.493 e. The van der Waals surface area contributed by atoms with Crippen LogP contribution in [-0.4, -0.2) is 44.4 Å². The number of hydrogen-bond donors (Lipinski definition) is 1. The summed E-state index contributed by atoms with van der Waals surface area (Å²) in [6.45, 7) is 11.2. The molecule has 27 heavy (non-hydrogen) atoms. The van der Waals surface area contributed by atoms with Crippen LogP contribution in [0.15, 0.2) is 30.4 Å². The van der Waals surface area contributed by atoms with E-state index >= 15 is 0 Å². The molecule has 2 atom stereocenters. The van der Waals surface area contributed by atoms with E-state index in [1.807, 2.05) is 18.2 Å². The Morgan fingerprint density at radius 1 is 1.30 bits per heavy atom. The third kappa shape index (κ3) is 5.59. The zero-order chi connectivity index (χ0) is 20.2. The molecule has 0 radical (unpaired) electrons. The molecule has 1 amide bonds. The number of amides is 1. The Morgan fingerprint density at radius 3 is 2.52 bits per heavy atom. The van der Waals surface area contributed by atoms with Crippen LogP contribution in [-0.2, 0) is 4.79 Å². The second-order valence-electron chi connectivity index (χ2n) is 8.50. The summed E-state index contributed by atoms with van der Waals surface area (Å²) in [5.74, 6) is 1.26. The second kappa shape index (κ2) is 8.93. The van der Waals surface area contributed by atoms with Gasteiger partial charge in [0.1, 0.15) is 6.23 Å². The van der Waals surface area contributed by atoms with Gasteiger partial charge in [-0.25, -0.2) is 0 Å². The molecule has 0 spiro atoms. The van der Waals surface area contributed by atoms with E-state index in [9.17, 15) is 9.90 Å². The Morgan fingerprint density at radius 2 is 1.96 bits per heavy atom. The van der Waals surface area contributed by atoms with E-state index in [4.69, 9.17) is 9.47 Å². The molecule has 5 nitrogen and oxygen atoms in total. The lowest BCUT2D eigenvalue weighted by Crippen LogP contribution is -2.46. The molecule has 1 aromatic rings. The number of methoxy groups -OCH3 is 2. The minimum absolute atomic E-state index is 0.00524. The highest BCUT2D eigenvalue weighted by Crippen LogP contribution is 2.38. The van der Waals surface area contributed by atoms with Crippen molar-refractivity contribution in [2.24, 2.45) is 0 Å². The highest BCUT2D eigenvalue weighted by molar-refractivity contribution is 6.76. The number of nitrogens with zero attached hydrogens (tertiary/aromatic N) is 1. The van der Waals surface area contributed by atoms with Crippen molar-refractivity contribution in [1.29, 1.82) is 0 Å². The van der Waals surface area contributed by atoms with E-state index in [0.29, 0.717) is 30.8 Å². The van der Waals surface area contributed by atoms with Crippen molar-refractivity contribution in [1.82, 2.24) is 4.90 Å². The monoisotopic (exact) mass is 391 g/mol. The van der Waals surface area contributed by atoms with Gasteiger partial charge in [0.25, 0.3) is 0 Å². The zero-order valence-corrected chi connectivity index (χ0v) is 18.2. The average molecular weight is 392 g/mol. The number of ether oxygens (including phenoxy) is 2. The summed E-state index contributed by atoms with van der Waals surface area (Å²) in [5, 5.41) is 10.6. The van der Waals surface area contributed by atoms with Gasteiger partial charge in [-0.05, 0) is 43.0 Å². The van der Waals surface area contributed by atoms with E-state index in [1.54, 1.807) is 19.1 Å². The van der Waals surface area contributed by atoms with Crippen LogP contribution in [0.25, 0.3) is 0 Å². The van der Waals surface area contributed by atoms with E-state index < -0.39 is 14.3 Å². The van der Waals surface area contributed by atoms with Gasteiger partial charge in [-0.2, -0.15) is 0 Å². The minimum Gasteiger partial charge on any atom is -0.493 e. The van der Waals surface area contributed by atoms with Crippen molar-refractivity contribution in [3.8, 4) is 11.5 Å². The Kier molecular flexibility index (Phi) is 7.11. The van der Waals surface area contributed by atoms with Gasteiger partial charge in [0.2, 0.25) is 5.91 Å². The highest BCUT2D eigenvalue weighted by atomic mass is 28.3. The van der Waals surface area contributed by atoms with Gasteiger partial charge in [-0.15, -0.1) is 6.58 Å². The van der Waals surface area contributed by atoms with Gasteiger partial charge in [0.15, 0.2) is 11.5 Å². The number of rotatable bonds is 8. The molecule has 0 aromatic heterocycles. The first kappa shape index (κ1) is 21.5. The Bertz CT molecular complexity index is 683. The summed E-state index contributed by atoms with van der Waals surface area (Å²) < 4.78 is 10.8. The zero-order valence-electron chi connectivity index (χ0n) is 17.2. The lowest BCUT2D eigenvalue weighted by atomic mass is 9.95. The first-order valence-electron chi connectivity index (χ1n) is 9.54. The standard InChI is InChI=1S/C21H33NO4Si/c1-15(14-27(4,5)6)12-17(22-20(23)8-7-9-21(22)24)16-10-11-18(25-2)19(13-16)26-3/h10-11,13,17,20,23H,1,7-9,12,14H2,2-6H3. The maximum atomic E-state index is 12.7. The normalized spacial score (nSPS) is 19.0. The number of carbonyl (C=O) groups excluding carboxylic acids is 1. The highest BCUT2D eigenvalue weighted by Gasteiger charge is 2.34. The van der Waals surface area contributed by atoms with Gasteiger partial charge in [0, 0.05) is 14.5 Å². The number of carbonyl (C=O) groups is 1. The number of piperidine rings is 1. The molecule has 1 heterocycles. The lowest BCUT2D eigenvalue weighted by molar-refractivity contribution is -0.151. The van der Waals surface area contributed by atoms with Crippen LogP contribution in [0.2, 0.25) is 25.7 Å².